The molecule has 1 rings (SSSR count). The maximum Gasteiger partial charge on any atom is 0.356 e. The lowest BCUT2D eigenvalue weighted by molar-refractivity contribution is 0.0683. The van der Waals surface area contributed by atoms with E-state index in [4.69, 9.17) is 9.84 Å². The first-order valence-corrected chi connectivity index (χ1v) is 5.57. The molecule has 0 aliphatic heterocycles. The molecule has 0 unspecified atom stereocenters. The van der Waals surface area contributed by atoms with E-state index < -0.39 is 11.9 Å². The lowest BCUT2D eigenvalue weighted by atomic mass is 10.3. The lowest BCUT2D eigenvalue weighted by Gasteiger charge is -2.06. The highest BCUT2D eigenvalue weighted by atomic mass is 16.5. The van der Waals surface area contributed by atoms with Crippen molar-refractivity contribution in [3.05, 3.63) is 23.8 Å². The molecule has 0 aromatic carbocycles. The van der Waals surface area contributed by atoms with Crippen molar-refractivity contribution in [1.29, 1.82) is 0 Å². The topological polar surface area (TPSA) is 101 Å². The summed E-state index contributed by atoms with van der Waals surface area (Å²) >= 11 is 0. The van der Waals surface area contributed by atoms with Crippen LogP contribution in [-0.2, 0) is 4.74 Å². The Bertz CT molecular complexity index is 423. The second-order valence-corrected chi connectivity index (χ2v) is 3.37. The SMILES string of the molecule is CCOCCCNC(=O)c1nccnc1C(=O)O. The summed E-state index contributed by atoms with van der Waals surface area (Å²) in [5.74, 6) is -1.82. The minimum Gasteiger partial charge on any atom is -0.476 e. The molecule has 7 nitrogen and oxygen atoms in total. The average molecular weight is 253 g/mol. The van der Waals surface area contributed by atoms with Gasteiger partial charge in [-0.05, 0) is 13.3 Å². The van der Waals surface area contributed by atoms with E-state index in [9.17, 15) is 9.59 Å². The molecule has 0 bridgehead atoms. The van der Waals surface area contributed by atoms with Gasteiger partial charge in [0.15, 0.2) is 11.4 Å². The number of hydrogen-bond acceptors (Lipinski definition) is 5. The van der Waals surface area contributed by atoms with Gasteiger partial charge in [0.25, 0.3) is 5.91 Å². The molecule has 1 aromatic heterocycles. The van der Waals surface area contributed by atoms with Crippen LogP contribution in [-0.4, -0.2) is 46.7 Å². The first-order chi connectivity index (χ1) is 8.66. The zero-order valence-electron chi connectivity index (χ0n) is 10.0. The van der Waals surface area contributed by atoms with Crippen molar-refractivity contribution in [2.45, 2.75) is 13.3 Å². The van der Waals surface area contributed by atoms with E-state index in [-0.39, 0.29) is 11.4 Å². The molecule has 0 aliphatic rings. The molecule has 2 N–H and O–H groups in total. The zero-order chi connectivity index (χ0) is 13.4. The Kier molecular flexibility index (Phi) is 5.72. The van der Waals surface area contributed by atoms with Crippen molar-refractivity contribution in [2.75, 3.05) is 19.8 Å². The number of aromatic nitrogens is 2. The van der Waals surface area contributed by atoms with E-state index in [2.05, 4.69) is 15.3 Å². The van der Waals surface area contributed by atoms with E-state index in [0.29, 0.717) is 26.2 Å². The van der Waals surface area contributed by atoms with E-state index >= 15 is 0 Å². The molecule has 0 fully saturated rings. The van der Waals surface area contributed by atoms with Gasteiger partial charge in [-0.1, -0.05) is 0 Å². The van der Waals surface area contributed by atoms with Crippen molar-refractivity contribution >= 4 is 11.9 Å². The number of carboxylic acid groups (broad SMARTS) is 1. The highest BCUT2D eigenvalue weighted by Gasteiger charge is 2.18. The summed E-state index contributed by atoms with van der Waals surface area (Å²) in [4.78, 5) is 29.9. The van der Waals surface area contributed by atoms with Crippen molar-refractivity contribution in [2.24, 2.45) is 0 Å². The summed E-state index contributed by atoms with van der Waals surface area (Å²) < 4.78 is 5.11. The van der Waals surface area contributed by atoms with Crippen LogP contribution in [0.1, 0.15) is 34.3 Å². The van der Waals surface area contributed by atoms with Crippen LogP contribution in [0.25, 0.3) is 0 Å². The highest BCUT2D eigenvalue weighted by molar-refractivity contribution is 6.01. The molecule has 0 spiro atoms. The molecule has 1 heterocycles. The number of carbonyl (C=O) groups excluding carboxylic acids is 1. The van der Waals surface area contributed by atoms with E-state index in [1.165, 1.54) is 12.4 Å². The van der Waals surface area contributed by atoms with Gasteiger partial charge in [-0.3, -0.25) is 4.79 Å². The van der Waals surface area contributed by atoms with E-state index in [0.717, 1.165) is 0 Å². The monoisotopic (exact) mass is 253 g/mol. The molecule has 18 heavy (non-hydrogen) atoms. The summed E-state index contributed by atoms with van der Waals surface area (Å²) in [5, 5.41) is 11.4. The second-order valence-electron chi connectivity index (χ2n) is 3.37. The largest absolute Gasteiger partial charge is 0.476 e. The number of nitrogens with zero attached hydrogens (tertiary/aromatic N) is 2. The van der Waals surface area contributed by atoms with Gasteiger partial charge >= 0.3 is 5.97 Å². The van der Waals surface area contributed by atoms with Crippen LogP contribution in [0.15, 0.2) is 12.4 Å². The number of amides is 1. The quantitative estimate of drug-likeness (QED) is 0.679. The Balaban J connectivity index is 2.54. The molecule has 0 aliphatic carbocycles. The summed E-state index contributed by atoms with van der Waals surface area (Å²) in [6.45, 7) is 3.45. The van der Waals surface area contributed by atoms with Gasteiger partial charge < -0.3 is 15.2 Å². The summed E-state index contributed by atoms with van der Waals surface area (Å²) in [6.07, 6.45) is 3.17. The molecule has 0 atom stereocenters. The molecule has 1 amide bonds. The fraction of sp³-hybridized carbons (Fsp3) is 0.455. The third-order valence-electron chi connectivity index (χ3n) is 2.07. The molecule has 1 aromatic rings. The van der Waals surface area contributed by atoms with Crippen LogP contribution in [0.3, 0.4) is 0 Å². The molecular formula is C11H15N3O4. The fourth-order valence-corrected chi connectivity index (χ4v) is 1.26. The number of rotatable bonds is 7. The van der Waals surface area contributed by atoms with Gasteiger partial charge in [-0.15, -0.1) is 0 Å². The molecule has 0 saturated carbocycles. The highest BCUT2D eigenvalue weighted by Crippen LogP contribution is 2.01. The second kappa shape index (κ2) is 7.33. The van der Waals surface area contributed by atoms with Gasteiger partial charge in [0.2, 0.25) is 0 Å². The molecular weight excluding hydrogens is 238 g/mol. The predicted molar refractivity (Wildman–Crippen MR) is 62.4 cm³/mol. The van der Waals surface area contributed by atoms with E-state index in [1.54, 1.807) is 0 Å². The number of ether oxygens (including phenoxy) is 1. The van der Waals surface area contributed by atoms with Crippen LogP contribution in [0, 0.1) is 0 Å². The standard InChI is InChI=1S/C11H15N3O4/c1-2-18-7-3-4-14-10(15)8-9(11(16)17)13-6-5-12-8/h5-6H,2-4,7H2,1H3,(H,14,15)(H,16,17). The first kappa shape index (κ1) is 14.0. The normalized spacial score (nSPS) is 10.1. The Morgan fingerprint density at radius 1 is 1.33 bits per heavy atom. The third kappa shape index (κ3) is 4.10. The Labute approximate surface area is 104 Å². The summed E-state index contributed by atoms with van der Waals surface area (Å²) in [5.41, 5.74) is -0.527. The Hall–Kier alpha value is -2.02. The minimum atomic E-state index is -1.28. The number of aromatic carboxylic acids is 1. The van der Waals surface area contributed by atoms with E-state index in [1.807, 2.05) is 6.92 Å². The van der Waals surface area contributed by atoms with Crippen LogP contribution in [0.2, 0.25) is 0 Å². The summed E-state index contributed by atoms with van der Waals surface area (Å²) in [7, 11) is 0. The van der Waals surface area contributed by atoms with Crippen LogP contribution in [0.4, 0.5) is 0 Å². The Morgan fingerprint density at radius 3 is 2.61 bits per heavy atom. The predicted octanol–water partition coefficient (Wildman–Crippen LogP) is 0.331. The van der Waals surface area contributed by atoms with Crippen molar-refractivity contribution < 1.29 is 19.4 Å². The molecule has 0 saturated heterocycles. The van der Waals surface area contributed by atoms with Crippen LogP contribution in [0.5, 0.6) is 0 Å². The number of nitrogens with one attached hydrogen (secondary N) is 1. The van der Waals surface area contributed by atoms with Gasteiger partial charge in [-0.2, -0.15) is 0 Å². The number of carboxylic acids is 1. The Morgan fingerprint density at radius 2 is 2.00 bits per heavy atom. The maximum absolute atomic E-state index is 11.7. The van der Waals surface area contributed by atoms with Gasteiger partial charge in [0, 0.05) is 32.2 Å². The van der Waals surface area contributed by atoms with Crippen molar-refractivity contribution in [3.63, 3.8) is 0 Å². The zero-order valence-corrected chi connectivity index (χ0v) is 10.0. The van der Waals surface area contributed by atoms with Crippen molar-refractivity contribution in [1.82, 2.24) is 15.3 Å². The summed E-state index contributed by atoms with van der Waals surface area (Å²) in [6, 6.07) is 0. The van der Waals surface area contributed by atoms with Crippen LogP contribution < -0.4 is 5.32 Å². The third-order valence-corrected chi connectivity index (χ3v) is 2.07. The van der Waals surface area contributed by atoms with Gasteiger partial charge in [0.05, 0.1) is 0 Å². The first-order valence-electron chi connectivity index (χ1n) is 5.57. The minimum absolute atomic E-state index is 0.179. The fourth-order valence-electron chi connectivity index (χ4n) is 1.26. The number of hydrogen-bond donors (Lipinski definition) is 2. The molecule has 0 radical (unpaired) electrons. The van der Waals surface area contributed by atoms with Crippen molar-refractivity contribution in [3.8, 4) is 0 Å². The molecule has 7 heteroatoms. The molecule has 98 valence electrons. The van der Waals surface area contributed by atoms with Gasteiger partial charge in [0.1, 0.15) is 0 Å². The number of carbonyl (C=O) groups is 2. The maximum atomic E-state index is 11.7. The lowest BCUT2D eigenvalue weighted by Crippen LogP contribution is -2.28. The van der Waals surface area contributed by atoms with Crippen LogP contribution >= 0.6 is 0 Å². The van der Waals surface area contributed by atoms with Gasteiger partial charge in [-0.25, -0.2) is 14.8 Å². The average Bonchev–Trinajstić information content (AvgIpc) is 2.38. The smallest absolute Gasteiger partial charge is 0.356 e.